The lowest BCUT2D eigenvalue weighted by Crippen LogP contribution is -2.46. The van der Waals surface area contributed by atoms with E-state index in [1.807, 2.05) is 24.3 Å². The Labute approximate surface area is 143 Å². The number of halogens is 3. The van der Waals surface area contributed by atoms with Crippen LogP contribution in [0.2, 0.25) is 0 Å². The summed E-state index contributed by atoms with van der Waals surface area (Å²) in [5.74, 6) is -5.53. The van der Waals surface area contributed by atoms with Crippen molar-refractivity contribution in [1.29, 1.82) is 0 Å². The third-order valence-corrected chi connectivity index (χ3v) is 5.55. The topological polar surface area (TPSA) is 57.6 Å². The molecule has 0 saturated carbocycles. The number of fused-ring (bicyclic) bond motifs is 1. The average Bonchev–Trinajstić information content (AvgIpc) is 3.00. The van der Waals surface area contributed by atoms with Gasteiger partial charge < -0.3 is 10.0 Å². The lowest BCUT2D eigenvalue weighted by Gasteiger charge is -2.37. The van der Waals surface area contributed by atoms with Crippen LogP contribution >= 0.6 is 0 Å². The van der Waals surface area contributed by atoms with E-state index in [0.29, 0.717) is 6.42 Å². The molecule has 3 atom stereocenters. The molecule has 0 bridgehead atoms. The molecule has 136 valence electrons. The maximum atomic E-state index is 13.2. The Morgan fingerprint density at radius 3 is 2.52 bits per heavy atom. The summed E-state index contributed by atoms with van der Waals surface area (Å²) in [5, 5.41) is 9.14. The first-order valence-corrected chi connectivity index (χ1v) is 8.32. The standard InChI is InChI=1S/C18H20F3NO3/c1-17(8-4-6-11-5-2-3-7-13(11)17)16(25)22-9-12(15(23)24)14(10-22)18(19,20)21/h2-3,5,7,12,14H,4,6,8-10H2,1H3,(H,23,24)/t12-,14-,17?/m1/s1. The molecule has 1 aliphatic heterocycles. The molecule has 1 aromatic carbocycles. The van der Waals surface area contributed by atoms with Gasteiger partial charge in [0.25, 0.3) is 0 Å². The molecule has 2 aliphatic rings. The zero-order valence-electron chi connectivity index (χ0n) is 13.8. The van der Waals surface area contributed by atoms with E-state index >= 15 is 0 Å². The number of carboxylic acid groups (broad SMARTS) is 1. The van der Waals surface area contributed by atoms with Crippen LogP contribution < -0.4 is 0 Å². The second-order valence-corrected chi connectivity index (χ2v) is 7.15. The highest BCUT2D eigenvalue weighted by molar-refractivity contribution is 5.89. The summed E-state index contributed by atoms with van der Waals surface area (Å²) < 4.78 is 39.5. The molecular formula is C18H20F3NO3. The molecule has 1 unspecified atom stereocenters. The number of hydrogen-bond acceptors (Lipinski definition) is 2. The summed E-state index contributed by atoms with van der Waals surface area (Å²) in [6.07, 6.45) is -2.47. The van der Waals surface area contributed by atoms with Gasteiger partial charge in [-0.15, -0.1) is 0 Å². The summed E-state index contributed by atoms with van der Waals surface area (Å²) in [5.41, 5.74) is 0.970. The predicted octanol–water partition coefficient (Wildman–Crippen LogP) is 3.00. The third-order valence-electron chi connectivity index (χ3n) is 5.55. The fourth-order valence-electron chi connectivity index (χ4n) is 4.17. The molecule has 1 aromatic rings. The molecule has 7 heteroatoms. The van der Waals surface area contributed by atoms with E-state index in [1.54, 1.807) is 6.92 Å². The molecular weight excluding hydrogens is 335 g/mol. The van der Waals surface area contributed by atoms with Crippen LogP contribution in [0.3, 0.4) is 0 Å². The second kappa shape index (κ2) is 6.04. The Bertz CT molecular complexity index is 703. The number of hydrogen-bond donors (Lipinski definition) is 1. The molecule has 4 nitrogen and oxygen atoms in total. The summed E-state index contributed by atoms with van der Waals surface area (Å²) >= 11 is 0. The molecule has 0 aromatic heterocycles. The zero-order chi connectivity index (χ0) is 18.4. The Kier molecular flexibility index (Phi) is 4.29. The third kappa shape index (κ3) is 3.00. The van der Waals surface area contributed by atoms with Crippen molar-refractivity contribution in [2.75, 3.05) is 13.1 Å². The summed E-state index contributed by atoms with van der Waals surface area (Å²) in [6.45, 7) is 0.775. The smallest absolute Gasteiger partial charge is 0.394 e. The molecule has 1 heterocycles. The normalized spacial score (nSPS) is 29.4. The van der Waals surface area contributed by atoms with Gasteiger partial charge in [-0.05, 0) is 37.3 Å². The molecule has 25 heavy (non-hydrogen) atoms. The average molecular weight is 355 g/mol. The van der Waals surface area contributed by atoms with Gasteiger partial charge in [-0.3, -0.25) is 9.59 Å². The van der Waals surface area contributed by atoms with Gasteiger partial charge in [-0.1, -0.05) is 24.3 Å². The number of benzene rings is 1. The molecule has 1 fully saturated rings. The number of carbonyl (C=O) groups is 2. The van der Waals surface area contributed by atoms with Crippen molar-refractivity contribution >= 4 is 11.9 Å². The van der Waals surface area contributed by atoms with E-state index in [4.69, 9.17) is 5.11 Å². The SMILES string of the molecule is CC1(C(=O)N2C[C@@H](C(F)(F)F)[C@H](C(=O)O)C2)CCCc2ccccc21. The number of amides is 1. The van der Waals surface area contributed by atoms with Crippen LogP contribution in [0.5, 0.6) is 0 Å². The number of carboxylic acids is 1. The van der Waals surface area contributed by atoms with Gasteiger partial charge in [-0.25, -0.2) is 0 Å². The fourth-order valence-corrected chi connectivity index (χ4v) is 4.17. The van der Waals surface area contributed by atoms with E-state index in [9.17, 15) is 22.8 Å². The Morgan fingerprint density at radius 1 is 1.24 bits per heavy atom. The lowest BCUT2D eigenvalue weighted by atomic mass is 9.70. The van der Waals surface area contributed by atoms with Gasteiger partial charge in [0, 0.05) is 13.1 Å². The molecule has 1 aliphatic carbocycles. The van der Waals surface area contributed by atoms with E-state index in [1.165, 1.54) is 0 Å². The van der Waals surface area contributed by atoms with Crippen molar-refractivity contribution in [3.05, 3.63) is 35.4 Å². The minimum absolute atomic E-state index is 0.393. The number of aryl methyl sites for hydroxylation is 1. The molecule has 1 N–H and O–H groups in total. The highest BCUT2D eigenvalue weighted by Gasteiger charge is 2.55. The van der Waals surface area contributed by atoms with Gasteiger partial charge in [0.15, 0.2) is 0 Å². The van der Waals surface area contributed by atoms with E-state index in [2.05, 4.69) is 0 Å². The number of aliphatic carboxylic acids is 1. The maximum absolute atomic E-state index is 13.2. The Balaban J connectivity index is 1.91. The quantitative estimate of drug-likeness (QED) is 0.887. The summed E-state index contributed by atoms with van der Waals surface area (Å²) in [4.78, 5) is 25.4. The zero-order valence-corrected chi connectivity index (χ0v) is 13.8. The Hall–Kier alpha value is -2.05. The van der Waals surface area contributed by atoms with E-state index in [-0.39, 0.29) is 0 Å². The molecule has 0 spiro atoms. The van der Waals surface area contributed by atoms with Gasteiger partial charge in [0.2, 0.25) is 5.91 Å². The van der Waals surface area contributed by atoms with Gasteiger partial charge >= 0.3 is 12.1 Å². The van der Waals surface area contributed by atoms with Gasteiger partial charge in [-0.2, -0.15) is 13.2 Å². The number of nitrogens with zero attached hydrogens (tertiary/aromatic N) is 1. The van der Waals surface area contributed by atoms with Crippen LogP contribution in [0.1, 0.15) is 30.9 Å². The van der Waals surface area contributed by atoms with Crippen molar-refractivity contribution in [2.45, 2.75) is 37.8 Å². The first-order valence-electron chi connectivity index (χ1n) is 8.32. The van der Waals surface area contributed by atoms with E-state index < -0.39 is 48.4 Å². The Morgan fingerprint density at radius 2 is 1.92 bits per heavy atom. The number of rotatable bonds is 2. The molecule has 3 rings (SSSR count). The lowest BCUT2D eigenvalue weighted by molar-refractivity contribution is -0.188. The summed E-state index contributed by atoms with van der Waals surface area (Å²) in [7, 11) is 0. The van der Waals surface area contributed by atoms with Gasteiger partial charge in [0.1, 0.15) is 0 Å². The van der Waals surface area contributed by atoms with Crippen LogP contribution in [0.25, 0.3) is 0 Å². The van der Waals surface area contributed by atoms with Crippen molar-refractivity contribution in [2.24, 2.45) is 11.8 Å². The minimum atomic E-state index is -4.64. The van der Waals surface area contributed by atoms with Crippen molar-refractivity contribution in [3.63, 3.8) is 0 Å². The van der Waals surface area contributed by atoms with Crippen LogP contribution in [0.4, 0.5) is 13.2 Å². The highest BCUT2D eigenvalue weighted by atomic mass is 19.4. The molecule has 0 radical (unpaired) electrons. The fraction of sp³-hybridized carbons (Fsp3) is 0.556. The predicted molar refractivity (Wildman–Crippen MR) is 84.0 cm³/mol. The van der Waals surface area contributed by atoms with Crippen molar-refractivity contribution in [3.8, 4) is 0 Å². The van der Waals surface area contributed by atoms with Crippen LogP contribution in [0, 0.1) is 11.8 Å². The highest BCUT2D eigenvalue weighted by Crippen LogP contribution is 2.42. The molecule has 1 amide bonds. The number of carbonyl (C=O) groups excluding carboxylic acids is 1. The number of likely N-dealkylation sites (tertiary alicyclic amines) is 1. The van der Waals surface area contributed by atoms with Crippen molar-refractivity contribution < 1.29 is 27.9 Å². The van der Waals surface area contributed by atoms with Crippen molar-refractivity contribution in [1.82, 2.24) is 4.90 Å². The summed E-state index contributed by atoms with van der Waals surface area (Å²) in [6, 6.07) is 7.48. The first-order chi connectivity index (χ1) is 11.6. The number of alkyl halides is 3. The second-order valence-electron chi connectivity index (χ2n) is 7.15. The molecule has 1 saturated heterocycles. The minimum Gasteiger partial charge on any atom is -0.481 e. The largest absolute Gasteiger partial charge is 0.481 e. The van der Waals surface area contributed by atoms with Crippen LogP contribution in [0.15, 0.2) is 24.3 Å². The van der Waals surface area contributed by atoms with Crippen LogP contribution in [-0.4, -0.2) is 41.1 Å². The maximum Gasteiger partial charge on any atom is 0.394 e. The van der Waals surface area contributed by atoms with Gasteiger partial charge in [0.05, 0.1) is 17.3 Å². The monoisotopic (exact) mass is 355 g/mol. The van der Waals surface area contributed by atoms with E-state index in [0.717, 1.165) is 28.9 Å². The first kappa shape index (κ1) is 17.8. The van der Waals surface area contributed by atoms with Crippen LogP contribution in [-0.2, 0) is 21.4 Å².